The predicted octanol–water partition coefficient (Wildman–Crippen LogP) is 6.13. The molecular formula is C20H18ClNO2S2. The highest BCUT2D eigenvalue weighted by Gasteiger charge is 2.37. The van der Waals surface area contributed by atoms with E-state index in [1.165, 1.54) is 31.0 Å². The van der Waals surface area contributed by atoms with E-state index in [9.17, 15) is 4.79 Å². The van der Waals surface area contributed by atoms with Crippen LogP contribution >= 0.6 is 35.6 Å². The summed E-state index contributed by atoms with van der Waals surface area (Å²) in [5, 5.41) is 0.636. The van der Waals surface area contributed by atoms with Gasteiger partial charge in [-0.3, -0.25) is 9.69 Å². The van der Waals surface area contributed by atoms with E-state index < -0.39 is 0 Å². The summed E-state index contributed by atoms with van der Waals surface area (Å²) in [6.07, 6.45) is 7.44. The lowest BCUT2D eigenvalue weighted by Gasteiger charge is -2.29. The molecule has 2 fully saturated rings. The van der Waals surface area contributed by atoms with Gasteiger partial charge >= 0.3 is 0 Å². The Balaban J connectivity index is 1.56. The Morgan fingerprint density at radius 3 is 2.69 bits per heavy atom. The van der Waals surface area contributed by atoms with E-state index >= 15 is 0 Å². The summed E-state index contributed by atoms with van der Waals surface area (Å²) in [6.45, 7) is 0. The van der Waals surface area contributed by atoms with Crippen molar-refractivity contribution < 1.29 is 9.21 Å². The summed E-state index contributed by atoms with van der Waals surface area (Å²) in [5.41, 5.74) is 0.837. The molecule has 1 saturated heterocycles. The zero-order valence-electron chi connectivity index (χ0n) is 14.1. The number of amides is 1. The van der Waals surface area contributed by atoms with Crippen LogP contribution in [-0.2, 0) is 4.79 Å². The van der Waals surface area contributed by atoms with Gasteiger partial charge in [-0.2, -0.15) is 0 Å². The fourth-order valence-electron chi connectivity index (χ4n) is 3.50. The number of rotatable bonds is 3. The summed E-state index contributed by atoms with van der Waals surface area (Å²) in [5.74, 6) is 1.32. The molecule has 6 heteroatoms. The van der Waals surface area contributed by atoms with Gasteiger partial charge in [0.15, 0.2) is 0 Å². The highest BCUT2D eigenvalue weighted by molar-refractivity contribution is 8.26. The van der Waals surface area contributed by atoms with Gasteiger partial charge < -0.3 is 4.42 Å². The fourth-order valence-corrected chi connectivity index (χ4v) is 5.11. The molecule has 1 aliphatic heterocycles. The van der Waals surface area contributed by atoms with Crippen LogP contribution < -0.4 is 0 Å². The molecule has 0 unspecified atom stereocenters. The van der Waals surface area contributed by atoms with Crippen molar-refractivity contribution in [2.75, 3.05) is 0 Å². The third-order valence-corrected chi connectivity index (χ3v) is 6.46. The Bertz CT molecular complexity index is 883. The average molecular weight is 404 g/mol. The van der Waals surface area contributed by atoms with Crippen LogP contribution in [0.3, 0.4) is 0 Å². The van der Waals surface area contributed by atoms with Gasteiger partial charge in [0.25, 0.3) is 5.91 Å². The predicted molar refractivity (Wildman–Crippen MR) is 111 cm³/mol. The average Bonchev–Trinajstić information content (AvgIpc) is 3.21. The normalized spacial score (nSPS) is 20.3. The summed E-state index contributed by atoms with van der Waals surface area (Å²) in [4.78, 5) is 15.3. The second kappa shape index (κ2) is 7.59. The SMILES string of the molecule is O=C1/C(=C/c2ccc(-c3ccccc3Cl)o2)SC(=S)N1C1CCCCC1. The Kier molecular flexibility index (Phi) is 5.20. The van der Waals surface area contributed by atoms with Crippen molar-refractivity contribution in [2.45, 2.75) is 38.1 Å². The number of hydrogen-bond donors (Lipinski definition) is 0. The van der Waals surface area contributed by atoms with Gasteiger partial charge in [-0.15, -0.1) is 0 Å². The van der Waals surface area contributed by atoms with Gasteiger partial charge in [0.2, 0.25) is 0 Å². The van der Waals surface area contributed by atoms with Gasteiger partial charge in [-0.25, -0.2) is 0 Å². The second-order valence-electron chi connectivity index (χ2n) is 6.53. The molecule has 1 amide bonds. The van der Waals surface area contributed by atoms with Gasteiger partial charge in [0, 0.05) is 17.7 Å². The largest absolute Gasteiger partial charge is 0.457 e. The second-order valence-corrected chi connectivity index (χ2v) is 8.61. The molecule has 26 heavy (non-hydrogen) atoms. The highest BCUT2D eigenvalue weighted by Crippen LogP contribution is 2.38. The molecule has 1 saturated carbocycles. The monoisotopic (exact) mass is 403 g/mol. The number of furan rings is 1. The first-order valence-corrected chi connectivity index (χ1v) is 10.4. The number of hydrogen-bond acceptors (Lipinski definition) is 4. The number of halogens is 1. The fraction of sp³-hybridized carbons (Fsp3) is 0.300. The van der Waals surface area contributed by atoms with Crippen LogP contribution in [0.2, 0.25) is 5.02 Å². The van der Waals surface area contributed by atoms with Crippen LogP contribution in [0.4, 0.5) is 0 Å². The Morgan fingerprint density at radius 2 is 1.92 bits per heavy atom. The maximum absolute atomic E-state index is 12.8. The molecule has 1 aromatic heterocycles. The minimum atomic E-state index is 0.00240. The summed E-state index contributed by atoms with van der Waals surface area (Å²) < 4.78 is 6.55. The van der Waals surface area contributed by atoms with Crippen LogP contribution in [0.1, 0.15) is 37.9 Å². The molecule has 0 atom stereocenters. The molecule has 2 heterocycles. The smallest absolute Gasteiger partial charge is 0.266 e. The van der Waals surface area contributed by atoms with E-state index in [4.69, 9.17) is 28.2 Å². The lowest BCUT2D eigenvalue weighted by atomic mass is 9.94. The molecule has 0 bridgehead atoms. The van der Waals surface area contributed by atoms with Crippen molar-refractivity contribution in [3.63, 3.8) is 0 Å². The van der Waals surface area contributed by atoms with Gasteiger partial charge in [0.05, 0.1) is 9.93 Å². The van der Waals surface area contributed by atoms with Gasteiger partial charge in [-0.1, -0.05) is 67.0 Å². The highest BCUT2D eigenvalue weighted by atomic mass is 35.5. The molecule has 134 valence electrons. The Hall–Kier alpha value is -1.56. The number of nitrogens with zero attached hydrogens (tertiary/aromatic N) is 1. The number of carbonyl (C=O) groups excluding carboxylic acids is 1. The molecule has 1 aliphatic carbocycles. The van der Waals surface area contributed by atoms with Crippen molar-refractivity contribution in [1.82, 2.24) is 4.90 Å². The van der Waals surface area contributed by atoms with Crippen molar-refractivity contribution in [3.8, 4) is 11.3 Å². The first kappa shape index (κ1) is 17.8. The molecule has 1 aromatic carbocycles. The molecule has 4 rings (SSSR count). The minimum absolute atomic E-state index is 0.00240. The van der Waals surface area contributed by atoms with Crippen LogP contribution in [0.15, 0.2) is 45.7 Å². The zero-order chi connectivity index (χ0) is 18.1. The molecule has 2 aliphatic rings. The summed E-state index contributed by atoms with van der Waals surface area (Å²) >= 11 is 13.1. The van der Waals surface area contributed by atoms with Crippen molar-refractivity contribution in [1.29, 1.82) is 0 Å². The molecule has 0 N–H and O–H groups in total. The maximum atomic E-state index is 12.8. The lowest BCUT2D eigenvalue weighted by Crippen LogP contribution is -2.39. The van der Waals surface area contributed by atoms with Crippen LogP contribution in [0.25, 0.3) is 17.4 Å². The Morgan fingerprint density at radius 1 is 1.15 bits per heavy atom. The molecule has 2 aromatic rings. The number of carbonyl (C=O) groups is 1. The maximum Gasteiger partial charge on any atom is 0.266 e. The van der Waals surface area contributed by atoms with Gasteiger partial charge in [0.1, 0.15) is 15.8 Å². The molecular weight excluding hydrogens is 386 g/mol. The summed E-state index contributed by atoms with van der Waals surface area (Å²) in [7, 11) is 0. The van der Waals surface area contributed by atoms with E-state index in [0.717, 1.165) is 18.4 Å². The van der Waals surface area contributed by atoms with Crippen molar-refractivity contribution >= 4 is 51.9 Å². The summed E-state index contributed by atoms with van der Waals surface area (Å²) in [6, 6.07) is 11.5. The quantitative estimate of drug-likeness (QED) is 0.455. The van der Waals surface area contributed by atoms with E-state index in [1.807, 2.05) is 41.3 Å². The van der Waals surface area contributed by atoms with E-state index in [2.05, 4.69) is 0 Å². The zero-order valence-corrected chi connectivity index (χ0v) is 16.5. The van der Waals surface area contributed by atoms with Crippen molar-refractivity contribution in [2.24, 2.45) is 0 Å². The number of thiocarbonyl (C=S) groups is 1. The van der Waals surface area contributed by atoms with E-state index in [0.29, 0.717) is 25.8 Å². The lowest BCUT2D eigenvalue weighted by molar-refractivity contribution is -0.124. The number of thioether (sulfide) groups is 1. The van der Waals surface area contributed by atoms with Crippen LogP contribution in [-0.4, -0.2) is 21.2 Å². The Labute approximate surface area is 167 Å². The first-order valence-electron chi connectivity index (χ1n) is 8.75. The topological polar surface area (TPSA) is 33.5 Å². The van der Waals surface area contributed by atoms with Gasteiger partial charge in [-0.05, 0) is 37.1 Å². The third kappa shape index (κ3) is 3.48. The molecule has 0 radical (unpaired) electrons. The molecule has 0 spiro atoms. The first-order chi connectivity index (χ1) is 12.6. The minimum Gasteiger partial charge on any atom is -0.457 e. The third-order valence-electron chi connectivity index (χ3n) is 4.80. The number of benzene rings is 1. The van der Waals surface area contributed by atoms with Crippen LogP contribution in [0.5, 0.6) is 0 Å². The van der Waals surface area contributed by atoms with Crippen LogP contribution in [0, 0.1) is 0 Å². The van der Waals surface area contributed by atoms with E-state index in [-0.39, 0.29) is 11.9 Å². The van der Waals surface area contributed by atoms with E-state index in [1.54, 1.807) is 6.08 Å². The standard InChI is InChI=1S/C20H18ClNO2S2/c21-16-9-5-4-8-15(16)17-11-10-14(24-17)12-18-19(23)22(20(25)26-18)13-6-2-1-3-7-13/h4-5,8-13H,1-3,6-7H2/b18-12-. The van der Waals surface area contributed by atoms with Crippen molar-refractivity contribution in [3.05, 3.63) is 52.1 Å². The molecule has 3 nitrogen and oxygen atoms in total.